The molecule has 0 atom stereocenters. The standard InChI is InChI=1S/C24H25N3O3S/c1-16-6-5-7-19(12-16)25-22(28)15-27-23(29)21(31-24(27)30)14-18-8-9-20(13-17(18)2)26-10-3-4-11-26/h5-9,12-14H,3-4,10-11,15H2,1-2H3,(H,25,28). The zero-order valence-corrected chi connectivity index (χ0v) is 18.5. The van der Waals surface area contributed by atoms with Crippen molar-refractivity contribution in [2.75, 3.05) is 29.9 Å². The van der Waals surface area contributed by atoms with Crippen molar-refractivity contribution in [3.05, 3.63) is 64.1 Å². The Bertz CT molecular complexity index is 1070. The number of carbonyl (C=O) groups excluding carboxylic acids is 3. The lowest BCUT2D eigenvalue weighted by Gasteiger charge is -2.18. The third-order valence-electron chi connectivity index (χ3n) is 5.49. The molecule has 0 radical (unpaired) electrons. The summed E-state index contributed by atoms with van der Waals surface area (Å²) in [5, 5.41) is 2.31. The van der Waals surface area contributed by atoms with E-state index in [1.54, 1.807) is 12.1 Å². The first-order valence-corrected chi connectivity index (χ1v) is 11.2. The van der Waals surface area contributed by atoms with Crippen LogP contribution in [0.3, 0.4) is 0 Å². The summed E-state index contributed by atoms with van der Waals surface area (Å²) in [7, 11) is 0. The fourth-order valence-electron chi connectivity index (χ4n) is 3.84. The van der Waals surface area contributed by atoms with E-state index < -0.39 is 17.1 Å². The van der Waals surface area contributed by atoms with Crippen LogP contribution in [0.1, 0.15) is 29.5 Å². The Hall–Kier alpha value is -3.06. The van der Waals surface area contributed by atoms with Gasteiger partial charge >= 0.3 is 0 Å². The first-order valence-electron chi connectivity index (χ1n) is 10.4. The molecule has 0 bridgehead atoms. The van der Waals surface area contributed by atoms with Gasteiger partial charge in [0.25, 0.3) is 11.1 Å². The Morgan fingerprint density at radius 1 is 1.10 bits per heavy atom. The van der Waals surface area contributed by atoms with Gasteiger partial charge in [-0.25, -0.2) is 0 Å². The molecule has 7 heteroatoms. The Labute approximate surface area is 186 Å². The van der Waals surface area contributed by atoms with Crippen molar-refractivity contribution in [2.24, 2.45) is 0 Å². The van der Waals surface area contributed by atoms with Crippen LogP contribution >= 0.6 is 11.8 Å². The Kier molecular flexibility index (Phi) is 6.13. The topological polar surface area (TPSA) is 69.7 Å². The van der Waals surface area contributed by atoms with Gasteiger partial charge in [0.1, 0.15) is 6.54 Å². The minimum atomic E-state index is -0.433. The fraction of sp³-hybridized carbons (Fsp3) is 0.292. The summed E-state index contributed by atoms with van der Waals surface area (Å²) in [6.07, 6.45) is 4.17. The molecule has 2 fully saturated rings. The van der Waals surface area contributed by atoms with Gasteiger partial charge in [0.05, 0.1) is 4.91 Å². The lowest BCUT2D eigenvalue weighted by Crippen LogP contribution is -2.36. The second kappa shape index (κ2) is 8.98. The number of nitrogens with zero attached hydrogens (tertiary/aromatic N) is 2. The smallest absolute Gasteiger partial charge is 0.294 e. The first-order chi connectivity index (χ1) is 14.9. The van der Waals surface area contributed by atoms with E-state index in [4.69, 9.17) is 0 Å². The van der Waals surface area contributed by atoms with E-state index in [0.29, 0.717) is 10.6 Å². The van der Waals surface area contributed by atoms with Crippen LogP contribution in [0.15, 0.2) is 47.4 Å². The molecule has 2 aliphatic heterocycles. The molecule has 2 heterocycles. The van der Waals surface area contributed by atoms with Crippen molar-refractivity contribution < 1.29 is 14.4 Å². The van der Waals surface area contributed by atoms with Crippen LogP contribution in [-0.4, -0.2) is 41.6 Å². The summed E-state index contributed by atoms with van der Waals surface area (Å²) in [6, 6.07) is 13.5. The molecular weight excluding hydrogens is 410 g/mol. The van der Waals surface area contributed by atoms with Gasteiger partial charge in [0.2, 0.25) is 5.91 Å². The number of rotatable bonds is 5. The molecule has 4 rings (SSSR count). The molecule has 0 aliphatic carbocycles. The molecule has 3 amide bonds. The number of benzene rings is 2. The molecule has 0 unspecified atom stereocenters. The van der Waals surface area contributed by atoms with Gasteiger partial charge < -0.3 is 10.2 Å². The van der Waals surface area contributed by atoms with Gasteiger partial charge in [0.15, 0.2) is 0 Å². The zero-order valence-electron chi connectivity index (χ0n) is 17.7. The van der Waals surface area contributed by atoms with Gasteiger partial charge in [-0.3, -0.25) is 19.3 Å². The van der Waals surface area contributed by atoms with Gasteiger partial charge in [0, 0.05) is 24.5 Å². The largest absolute Gasteiger partial charge is 0.372 e. The second-order valence-corrected chi connectivity index (χ2v) is 8.91. The second-order valence-electron chi connectivity index (χ2n) is 7.92. The quantitative estimate of drug-likeness (QED) is 0.697. The Balaban J connectivity index is 1.45. The van der Waals surface area contributed by atoms with Crippen molar-refractivity contribution >= 4 is 46.3 Å². The summed E-state index contributed by atoms with van der Waals surface area (Å²) in [5.74, 6) is -0.835. The summed E-state index contributed by atoms with van der Waals surface area (Å²) in [4.78, 5) is 41.2. The van der Waals surface area contributed by atoms with E-state index in [0.717, 1.165) is 46.4 Å². The molecule has 2 aromatic carbocycles. The predicted octanol–water partition coefficient (Wildman–Crippen LogP) is 4.58. The fourth-order valence-corrected chi connectivity index (χ4v) is 4.67. The number of amides is 3. The minimum Gasteiger partial charge on any atom is -0.372 e. The maximum atomic E-state index is 12.8. The van der Waals surface area contributed by atoms with Crippen molar-refractivity contribution in [2.45, 2.75) is 26.7 Å². The molecular formula is C24H25N3O3S. The molecule has 6 nitrogen and oxygen atoms in total. The highest BCUT2D eigenvalue weighted by atomic mass is 32.2. The van der Waals surface area contributed by atoms with Gasteiger partial charge in [-0.05, 0) is 85.5 Å². The van der Waals surface area contributed by atoms with E-state index in [1.165, 1.54) is 18.5 Å². The van der Waals surface area contributed by atoms with Crippen LogP contribution in [-0.2, 0) is 9.59 Å². The van der Waals surface area contributed by atoms with Crippen LogP contribution in [0.2, 0.25) is 0 Å². The SMILES string of the molecule is Cc1cccc(NC(=O)CN2C(=O)SC(=Cc3ccc(N4CCCC4)cc3C)C2=O)c1. The van der Waals surface area contributed by atoms with Crippen LogP contribution in [0.4, 0.5) is 16.2 Å². The normalized spacial score (nSPS) is 17.7. The van der Waals surface area contributed by atoms with E-state index in [2.05, 4.69) is 22.3 Å². The first kappa shape index (κ1) is 21.2. The number of hydrogen-bond donors (Lipinski definition) is 1. The molecule has 160 valence electrons. The third kappa shape index (κ3) is 4.82. The highest BCUT2D eigenvalue weighted by Crippen LogP contribution is 2.33. The van der Waals surface area contributed by atoms with E-state index in [1.807, 2.05) is 38.1 Å². The highest BCUT2D eigenvalue weighted by Gasteiger charge is 2.36. The number of aryl methyl sites for hydroxylation is 2. The van der Waals surface area contributed by atoms with Crippen molar-refractivity contribution in [3.63, 3.8) is 0 Å². The van der Waals surface area contributed by atoms with Crippen LogP contribution in [0.5, 0.6) is 0 Å². The molecule has 0 spiro atoms. The summed E-state index contributed by atoms with van der Waals surface area (Å²) >= 11 is 0.874. The third-order valence-corrected chi connectivity index (χ3v) is 6.40. The van der Waals surface area contributed by atoms with E-state index >= 15 is 0 Å². The van der Waals surface area contributed by atoms with E-state index in [-0.39, 0.29) is 6.54 Å². The lowest BCUT2D eigenvalue weighted by atomic mass is 10.1. The van der Waals surface area contributed by atoms with Gasteiger partial charge in [-0.2, -0.15) is 0 Å². The molecule has 2 aromatic rings. The van der Waals surface area contributed by atoms with E-state index in [9.17, 15) is 14.4 Å². The Morgan fingerprint density at radius 3 is 2.58 bits per heavy atom. The van der Waals surface area contributed by atoms with Crippen molar-refractivity contribution in [1.82, 2.24) is 4.90 Å². The van der Waals surface area contributed by atoms with Crippen LogP contribution in [0, 0.1) is 13.8 Å². The number of carbonyl (C=O) groups is 3. The van der Waals surface area contributed by atoms with Gasteiger partial charge in [-0.1, -0.05) is 18.2 Å². The minimum absolute atomic E-state index is 0.303. The molecule has 31 heavy (non-hydrogen) atoms. The number of imide groups is 1. The highest BCUT2D eigenvalue weighted by molar-refractivity contribution is 8.18. The summed E-state index contributed by atoms with van der Waals surface area (Å²) in [5.41, 5.74) is 4.79. The predicted molar refractivity (Wildman–Crippen MR) is 125 cm³/mol. The summed E-state index contributed by atoms with van der Waals surface area (Å²) in [6.45, 7) is 5.77. The number of anilines is 2. The molecule has 2 aliphatic rings. The number of thioether (sulfide) groups is 1. The van der Waals surface area contributed by atoms with Crippen molar-refractivity contribution in [3.8, 4) is 0 Å². The zero-order chi connectivity index (χ0) is 22.0. The Morgan fingerprint density at radius 2 is 1.87 bits per heavy atom. The lowest BCUT2D eigenvalue weighted by molar-refractivity contribution is -0.127. The van der Waals surface area contributed by atoms with Crippen LogP contribution in [0.25, 0.3) is 6.08 Å². The number of nitrogens with one attached hydrogen (secondary N) is 1. The average molecular weight is 436 g/mol. The average Bonchev–Trinajstić information content (AvgIpc) is 3.34. The summed E-state index contributed by atoms with van der Waals surface area (Å²) < 4.78 is 0. The molecule has 2 saturated heterocycles. The maximum Gasteiger partial charge on any atom is 0.294 e. The van der Waals surface area contributed by atoms with Gasteiger partial charge in [-0.15, -0.1) is 0 Å². The van der Waals surface area contributed by atoms with Crippen LogP contribution < -0.4 is 10.2 Å². The number of hydrogen-bond acceptors (Lipinski definition) is 5. The monoisotopic (exact) mass is 435 g/mol. The molecule has 0 saturated carbocycles. The molecule has 1 N–H and O–H groups in total. The molecule has 0 aromatic heterocycles. The maximum absolute atomic E-state index is 12.8. The van der Waals surface area contributed by atoms with Crippen molar-refractivity contribution in [1.29, 1.82) is 0 Å².